The van der Waals surface area contributed by atoms with Crippen molar-refractivity contribution in [1.82, 2.24) is 9.89 Å². The predicted octanol–water partition coefficient (Wildman–Crippen LogP) is -0.142. The summed E-state index contributed by atoms with van der Waals surface area (Å²) in [6, 6.07) is 1.84. The Balaban J connectivity index is 1.88. The Labute approximate surface area is 70.0 Å². The third-order valence-electron chi connectivity index (χ3n) is 1.73. The molecule has 0 aliphatic carbocycles. The minimum atomic E-state index is -0.144. The Kier molecular flexibility index (Phi) is 1.74. The quantitative estimate of drug-likeness (QED) is 0.626. The van der Waals surface area contributed by atoms with Crippen LogP contribution in [0.2, 0.25) is 0 Å². The monoisotopic (exact) mass is 169 g/mol. The maximum atomic E-state index is 5.37. The average molecular weight is 169 g/mol. The van der Waals surface area contributed by atoms with Crippen LogP contribution < -0.4 is 5.84 Å². The molecule has 2 rings (SSSR count). The first kappa shape index (κ1) is 7.57. The number of nitrogen functional groups attached to an aromatic ring is 1. The van der Waals surface area contributed by atoms with Gasteiger partial charge in [0, 0.05) is 12.6 Å². The fourth-order valence-corrected chi connectivity index (χ4v) is 1.19. The molecule has 12 heavy (non-hydrogen) atoms. The largest absolute Gasteiger partial charge is 0.324 e. The van der Waals surface area contributed by atoms with Crippen LogP contribution in [0.15, 0.2) is 12.3 Å². The van der Waals surface area contributed by atoms with Crippen molar-refractivity contribution in [2.24, 2.45) is 0 Å². The number of aromatic nitrogens is 2. The predicted molar refractivity (Wildman–Crippen MR) is 41.5 cm³/mol. The lowest BCUT2D eigenvalue weighted by atomic mass is 10.3. The van der Waals surface area contributed by atoms with Crippen molar-refractivity contribution in [1.29, 1.82) is 0 Å². The second-order valence-corrected chi connectivity index (χ2v) is 2.76. The molecule has 1 aromatic rings. The zero-order valence-corrected chi connectivity index (χ0v) is 6.80. The Bertz CT molecular complexity index is 267. The molecule has 2 N–H and O–H groups in total. The molecule has 0 aromatic carbocycles. The summed E-state index contributed by atoms with van der Waals surface area (Å²) in [5, 5.41) is 3.99. The highest BCUT2D eigenvalue weighted by molar-refractivity contribution is 5.00. The molecule has 0 atom stereocenters. The van der Waals surface area contributed by atoms with Gasteiger partial charge in [-0.2, -0.15) is 9.89 Å². The molecule has 1 fully saturated rings. The molecule has 0 radical (unpaired) electrons. The number of nitrogens with two attached hydrogens (primary N) is 1. The van der Waals surface area contributed by atoms with Crippen molar-refractivity contribution in [2.75, 3.05) is 5.84 Å². The van der Waals surface area contributed by atoms with Crippen molar-refractivity contribution >= 4 is 0 Å². The SMILES string of the molecule is CC1OC(Cc2ccn(N)n2)O1. The van der Waals surface area contributed by atoms with Crippen LogP contribution in [0, 0.1) is 0 Å². The van der Waals surface area contributed by atoms with Crippen LogP contribution in [-0.2, 0) is 15.9 Å². The first-order valence-electron chi connectivity index (χ1n) is 3.84. The first-order valence-corrected chi connectivity index (χ1v) is 3.84. The van der Waals surface area contributed by atoms with Gasteiger partial charge >= 0.3 is 0 Å². The van der Waals surface area contributed by atoms with E-state index in [1.54, 1.807) is 6.20 Å². The van der Waals surface area contributed by atoms with Gasteiger partial charge in [0.05, 0.1) is 5.69 Å². The molecule has 1 aliphatic heterocycles. The molecule has 1 aromatic heterocycles. The van der Waals surface area contributed by atoms with Crippen molar-refractivity contribution in [3.63, 3.8) is 0 Å². The third-order valence-corrected chi connectivity index (χ3v) is 1.73. The van der Waals surface area contributed by atoms with Gasteiger partial charge in [0.1, 0.15) is 0 Å². The summed E-state index contributed by atoms with van der Waals surface area (Å²) in [7, 11) is 0. The highest BCUT2D eigenvalue weighted by atomic mass is 16.9. The summed E-state index contributed by atoms with van der Waals surface area (Å²) in [6.45, 7) is 1.86. The number of hydrogen-bond acceptors (Lipinski definition) is 4. The second-order valence-electron chi connectivity index (χ2n) is 2.76. The third kappa shape index (κ3) is 1.41. The molecular formula is C7H11N3O2. The summed E-state index contributed by atoms with van der Waals surface area (Å²) >= 11 is 0. The Morgan fingerprint density at radius 2 is 2.42 bits per heavy atom. The van der Waals surface area contributed by atoms with Crippen LogP contribution in [0.25, 0.3) is 0 Å². The summed E-state index contributed by atoms with van der Waals surface area (Å²) in [6.07, 6.45) is 2.14. The molecule has 5 heteroatoms. The van der Waals surface area contributed by atoms with E-state index in [2.05, 4.69) is 5.10 Å². The van der Waals surface area contributed by atoms with Crippen molar-refractivity contribution in [3.05, 3.63) is 18.0 Å². The van der Waals surface area contributed by atoms with E-state index in [1.807, 2.05) is 13.0 Å². The van der Waals surface area contributed by atoms with Gasteiger partial charge in [-0.25, -0.2) is 0 Å². The zero-order valence-electron chi connectivity index (χ0n) is 6.80. The minimum absolute atomic E-state index is 0.0741. The molecule has 66 valence electrons. The molecule has 0 spiro atoms. The van der Waals surface area contributed by atoms with E-state index in [0.717, 1.165) is 5.69 Å². The van der Waals surface area contributed by atoms with Crippen molar-refractivity contribution in [3.8, 4) is 0 Å². The van der Waals surface area contributed by atoms with Gasteiger partial charge in [-0.1, -0.05) is 0 Å². The zero-order chi connectivity index (χ0) is 8.55. The maximum Gasteiger partial charge on any atom is 0.169 e. The number of ether oxygens (including phenoxy) is 2. The molecule has 0 amide bonds. The maximum absolute atomic E-state index is 5.37. The summed E-state index contributed by atoms with van der Waals surface area (Å²) in [5.74, 6) is 5.37. The summed E-state index contributed by atoms with van der Waals surface area (Å²) in [5.41, 5.74) is 0.884. The van der Waals surface area contributed by atoms with Crippen LogP contribution in [0.4, 0.5) is 0 Å². The lowest BCUT2D eigenvalue weighted by Gasteiger charge is -2.33. The number of nitrogens with zero attached hydrogens (tertiary/aromatic N) is 2. The Morgan fingerprint density at radius 1 is 1.67 bits per heavy atom. The van der Waals surface area contributed by atoms with Crippen molar-refractivity contribution < 1.29 is 9.47 Å². The fourth-order valence-electron chi connectivity index (χ4n) is 1.19. The second kappa shape index (κ2) is 2.76. The van der Waals surface area contributed by atoms with Crippen LogP contribution in [0.3, 0.4) is 0 Å². The molecule has 0 bridgehead atoms. The van der Waals surface area contributed by atoms with E-state index in [-0.39, 0.29) is 12.6 Å². The van der Waals surface area contributed by atoms with E-state index >= 15 is 0 Å². The molecule has 0 saturated carbocycles. The van der Waals surface area contributed by atoms with Crippen LogP contribution in [0.5, 0.6) is 0 Å². The van der Waals surface area contributed by atoms with Gasteiger partial charge < -0.3 is 15.3 Å². The van der Waals surface area contributed by atoms with Gasteiger partial charge in [0.25, 0.3) is 0 Å². The summed E-state index contributed by atoms with van der Waals surface area (Å²) < 4.78 is 10.5. The minimum Gasteiger partial charge on any atom is -0.324 e. The Morgan fingerprint density at radius 3 is 2.92 bits per heavy atom. The topological polar surface area (TPSA) is 62.3 Å². The van der Waals surface area contributed by atoms with E-state index in [9.17, 15) is 0 Å². The molecule has 0 unspecified atom stereocenters. The molecule has 2 heterocycles. The number of hydrogen-bond donors (Lipinski definition) is 1. The molecule has 1 saturated heterocycles. The fraction of sp³-hybridized carbons (Fsp3) is 0.571. The van der Waals surface area contributed by atoms with Crippen molar-refractivity contribution in [2.45, 2.75) is 25.9 Å². The van der Waals surface area contributed by atoms with Crippen LogP contribution in [-0.4, -0.2) is 22.5 Å². The normalized spacial score (nSPS) is 28.4. The highest BCUT2D eigenvalue weighted by Gasteiger charge is 2.27. The van der Waals surface area contributed by atoms with Gasteiger partial charge in [-0.05, 0) is 13.0 Å². The molecular weight excluding hydrogens is 158 g/mol. The van der Waals surface area contributed by atoms with Crippen LogP contribution in [0.1, 0.15) is 12.6 Å². The highest BCUT2D eigenvalue weighted by Crippen LogP contribution is 2.18. The standard InChI is InChI=1S/C7H11N3O2/c1-5-11-7(12-5)4-6-2-3-10(8)9-6/h2-3,5,7H,4,8H2,1H3. The average Bonchev–Trinajstić information content (AvgIpc) is 2.33. The summed E-state index contributed by atoms with van der Waals surface area (Å²) in [4.78, 5) is 1.28. The molecule has 5 nitrogen and oxygen atoms in total. The number of rotatable bonds is 2. The van der Waals surface area contributed by atoms with E-state index in [1.165, 1.54) is 4.79 Å². The smallest absolute Gasteiger partial charge is 0.169 e. The first-order chi connectivity index (χ1) is 5.74. The van der Waals surface area contributed by atoms with Gasteiger partial charge in [-0.3, -0.25) is 0 Å². The molecule has 1 aliphatic rings. The van der Waals surface area contributed by atoms with Crippen LogP contribution >= 0.6 is 0 Å². The lowest BCUT2D eigenvalue weighted by molar-refractivity contribution is -0.374. The van der Waals surface area contributed by atoms with E-state index < -0.39 is 0 Å². The van der Waals surface area contributed by atoms with E-state index in [0.29, 0.717) is 6.42 Å². The van der Waals surface area contributed by atoms with Gasteiger partial charge in [0.15, 0.2) is 12.6 Å². The Hall–Kier alpha value is -1.07. The van der Waals surface area contributed by atoms with E-state index in [4.69, 9.17) is 15.3 Å². The van der Waals surface area contributed by atoms with Gasteiger partial charge in [0.2, 0.25) is 0 Å². The lowest BCUT2D eigenvalue weighted by Crippen LogP contribution is -2.40. The van der Waals surface area contributed by atoms with Gasteiger partial charge in [-0.15, -0.1) is 0 Å².